The molecular formula is C8H17N2O4P. The zero-order valence-electron chi connectivity index (χ0n) is 9.25. The molecule has 0 amide bonds. The SMILES string of the molecule is CCOP(=O)(OCC)ON1C=CN(C)C1. The number of hydroxylamine groups is 2. The lowest BCUT2D eigenvalue weighted by molar-refractivity contribution is -0.0593. The van der Waals surface area contributed by atoms with Crippen molar-refractivity contribution < 1.29 is 18.2 Å². The Morgan fingerprint density at radius 2 is 1.87 bits per heavy atom. The van der Waals surface area contributed by atoms with Crippen molar-refractivity contribution in [3.05, 3.63) is 12.4 Å². The molecule has 0 aromatic heterocycles. The first-order valence-corrected chi connectivity index (χ1v) is 6.29. The molecule has 0 radical (unpaired) electrons. The minimum absolute atomic E-state index is 0.282. The second-order valence-electron chi connectivity index (χ2n) is 2.98. The Morgan fingerprint density at radius 1 is 1.27 bits per heavy atom. The minimum atomic E-state index is -3.45. The van der Waals surface area contributed by atoms with Gasteiger partial charge >= 0.3 is 7.82 Å². The van der Waals surface area contributed by atoms with Crippen LogP contribution in [0.4, 0.5) is 0 Å². The van der Waals surface area contributed by atoms with Crippen molar-refractivity contribution in [2.24, 2.45) is 0 Å². The molecule has 0 fully saturated rings. The third-order valence-electron chi connectivity index (χ3n) is 1.63. The number of hydrogen-bond acceptors (Lipinski definition) is 6. The van der Waals surface area contributed by atoms with Crippen LogP contribution >= 0.6 is 7.82 Å². The highest BCUT2D eigenvalue weighted by molar-refractivity contribution is 7.48. The zero-order chi connectivity index (χ0) is 11.3. The molecular weight excluding hydrogens is 219 g/mol. The van der Waals surface area contributed by atoms with Gasteiger partial charge in [-0.25, -0.2) is 9.63 Å². The molecule has 1 aliphatic heterocycles. The molecule has 0 N–H and O–H groups in total. The van der Waals surface area contributed by atoms with E-state index in [4.69, 9.17) is 13.7 Å². The second-order valence-corrected chi connectivity index (χ2v) is 4.55. The van der Waals surface area contributed by atoms with E-state index < -0.39 is 7.82 Å². The van der Waals surface area contributed by atoms with E-state index in [-0.39, 0.29) is 13.2 Å². The summed E-state index contributed by atoms with van der Waals surface area (Å²) in [6, 6.07) is 0. The Balaban J connectivity index is 2.51. The van der Waals surface area contributed by atoms with Crippen LogP contribution in [0.1, 0.15) is 13.8 Å². The number of hydrogen-bond donors (Lipinski definition) is 0. The highest BCUT2D eigenvalue weighted by atomic mass is 31.2. The Morgan fingerprint density at radius 3 is 2.27 bits per heavy atom. The van der Waals surface area contributed by atoms with Crippen LogP contribution in [-0.4, -0.2) is 36.9 Å². The summed E-state index contributed by atoms with van der Waals surface area (Å²) in [7, 11) is -1.57. The van der Waals surface area contributed by atoms with Crippen molar-refractivity contribution in [3.8, 4) is 0 Å². The maximum atomic E-state index is 11.9. The van der Waals surface area contributed by atoms with E-state index in [1.807, 2.05) is 18.1 Å². The topological polar surface area (TPSA) is 51.2 Å². The first-order valence-electron chi connectivity index (χ1n) is 4.83. The van der Waals surface area contributed by atoms with Crippen LogP contribution in [-0.2, 0) is 18.2 Å². The molecule has 0 aromatic carbocycles. The smallest absolute Gasteiger partial charge is 0.360 e. The maximum absolute atomic E-state index is 11.9. The van der Waals surface area contributed by atoms with Gasteiger partial charge in [0, 0.05) is 19.4 Å². The standard InChI is InChI=1S/C8H17N2O4P/c1-4-12-15(11,13-5-2)14-10-7-6-9(3)8-10/h6-7H,4-5,8H2,1-3H3. The van der Waals surface area contributed by atoms with Crippen LogP contribution in [0, 0.1) is 0 Å². The average Bonchev–Trinajstić information content (AvgIpc) is 2.51. The van der Waals surface area contributed by atoms with Crippen molar-refractivity contribution in [3.63, 3.8) is 0 Å². The van der Waals surface area contributed by atoms with Crippen molar-refractivity contribution >= 4 is 7.82 Å². The van der Waals surface area contributed by atoms with E-state index in [0.29, 0.717) is 6.67 Å². The molecule has 6 nitrogen and oxygen atoms in total. The second kappa shape index (κ2) is 5.51. The molecule has 1 rings (SSSR count). The zero-order valence-corrected chi connectivity index (χ0v) is 10.1. The first-order chi connectivity index (χ1) is 7.09. The van der Waals surface area contributed by atoms with Crippen molar-refractivity contribution in [1.29, 1.82) is 0 Å². The predicted molar refractivity (Wildman–Crippen MR) is 55.6 cm³/mol. The Labute approximate surface area is 90.0 Å². The van der Waals surface area contributed by atoms with Gasteiger partial charge in [0.2, 0.25) is 0 Å². The summed E-state index contributed by atoms with van der Waals surface area (Å²) in [4.78, 5) is 1.88. The van der Waals surface area contributed by atoms with Gasteiger partial charge in [-0.15, -0.1) is 0 Å². The maximum Gasteiger partial charge on any atom is 0.496 e. The summed E-state index contributed by atoms with van der Waals surface area (Å²) < 4.78 is 27.0. The number of phosphoric acid groups is 1. The van der Waals surface area contributed by atoms with E-state index in [9.17, 15) is 4.57 Å². The normalized spacial score (nSPS) is 16.5. The lowest BCUT2D eigenvalue weighted by atomic mass is 10.9. The van der Waals surface area contributed by atoms with E-state index in [0.717, 1.165) is 0 Å². The summed E-state index contributed by atoms with van der Waals surface area (Å²) in [5.41, 5.74) is 0. The molecule has 0 saturated carbocycles. The van der Waals surface area contributed by atoms with Crippen molar-refractivity contribution in [2.45, 2.75) is 13.8 Å². The van der Waals surface area contributed by atoms with Crippen LogP contribution in [0.15, 0.2) is 12.4 Å². The monoisotopic (exact) mass is 236 g/mol. The van der Waals surface area contributed by atoms with Crippen molar-refractivity contribution in [1.82, 2.24) is 9.96 Å². The lowest BCUT2D eigenvalue weighted by Gasteiger charge is -2.22. The molecule has 0 atom stereocenters. The molecule has 0 bridgehead atoms. The number of rotatable bonds is 6. The first kappa shape index (κ1) is 12.5. The third kappa shape index (κ3) is 3.83. The summed E-state index contributed by atoms with van der Waals surface area (Å²) >= 11 is 0. The van der Waals surface area contributed by atoms with Crippen LogP contribution in [0.2, 0.25) is 0 Å². The molecule has 0 aromatic rings. The van der Waals surface area contributed by atoms with Gasteiger partial charge in [-0.1, -0.05) is 0 Å². The van der Waals surface area contributed by atoms with Gasteiger partial charge in [-0.3, -0.25) is 9.05 Å². The summed E-state index contributed by atoms with van der Waals surface area (Å²) in [5.74, 6) is 0. The fourth-order valence-corrected chi connectivity index (χ4v) is 2.25. The van der Waals surface area contributed by atoms with Gasteiger partial charge in [0.15, 0.2) is 0 Å². The van der Waals surface area contributed by atoms with Gasteiger partial charge in [-0.2, -0.15) is 4.62 Å². The fourth-order valence-electron chi connectivity index (χ4n) is 1.08. The van der Waals surface area contributed by atoms with Crippen molar-refractivity contribution in [2.75, 3.05) is 26.9 Å². The van der Waals surface area contributed by atoms with E-state index >= 15 is 0 Å². The van der Waals surface area contributed by atoms with Crippen LogP contribution in [0.3, 0.4) is 0 Å². The minimum Gasteiger partial charge on any atom is -0.360 e. The molecule has 0 unspecified atom stereocenters. The fraction of sp³-hybridized carbons (Fsp3) is 0.750. The van der Waals surface area contributed by atoms with E-state index in [1.165, 1.54) is 5.06 Å². The van der Waals surface area contributed by atoms with Gasteiger partial charge in [0.1, 0.15) is 6.67 Å². The molecule has 0 spiro atoms. The van der Waals surface area contributed by atoms with Crippen LogP contribution < -0.4 is 0 Å². The molecule has 1 aliphatic rings. The molecule has 15 heavy (non-hydrogen) atoms. The molecule has 1 heterocycles. The third-order valence-corrected chi connectivity index (χ3v) is 3.19. The van der Waals surface area contributed by atoms with Gasteiger partial charge < -0.3 is 4.90 Å². The van der Waals surface area contributed by atoms with Gasteiger partial charge in [-0.05, 0) is 13.8 Å². The van der Waals surface area contributed by atoms with E-state index in [1.54, 1.807) is 20.0 Å². The highest BCUT2D eigenvalue weighted by Gasteiger charge is 2.30. The Bertz CT molecular complexity index is 261. The molecule has 0 saturated heterocycles. The average molecular weight is 236 g/mol. The quantitative estimate of drug-likeness (QED) is 0.655. The summed E-state index contributed by atoms with van der Waals surface area (Å²) in [6.45, 7) is 4.54. The molecule has 7 heteroatoms. The van der Waals surface area contributed by atoms with Gasteiger partial charge in [0.05, 0.1) is 13.2 Å². The van der Waals surface area contributed by atoms with E-state index in [2.05, 4.69) is 0 Å². The highest BCUT2D eigenvalue weighted by Crippen LogP contribution is 2.50. The van der Waals surface area contributed by atoms with Crippen LogP contribution in [0.25, 0.3) is 0 Å². The number of nitrogens with zero attached hydrogens (tertiary/aromatic N) is 2. The van der Waals surface area contributed by atoms with Crippen LogP contribution in [0.5, 0.6) is 0 Å². The summed E-state index contributed by atoms with van der Waals surface area (Å²) in [5, 5.41) is 1.42. The largest absolute Gasteiger partial charge is 0.496 e. The molecule has 88 valence electrons. The van der Waals surface area contributed by atoms with Gasteiger partial charge in [0.25, 0.3) is 0 Å². The Hall–Kier alpha value is -0.550. The molecule has 0 aliphatic carbocycles. The predicted octanol–water partition coefficient (Wildman–Crippen LogP) is 1.78. The lowest BCUT2D eigenvalue weighted by Crippen LogP contribution is -2.22. The Kier molecular flexibility index (Phi) is 4.60. The summed E-state index contributed by atoms with van der Waals surface area (Å²) in [6.07, 6.45) is 3.48. The number of phosphoric ester groups is 1.